The number of nitrogens with one attached hydrogen (secondary N) is 1. The quantitative estimate of drug-likeness (QED) is 0.0919. The minimum absolute atomic E-state index is 0.0594. The van der Waals surface area contributed by atoms with Gasteiger partial charge in [-0.2, -0.15) is 0 Å². The molecule has 0 unspecified atom stereocenters. The van der Waals surface area contributed by atoms with Crippen LogP contribution in [-0.2, 0) is 16.0 Å². The average Bonchev–Trinajstić information content (AvgIpc) is 3.77. The molecular weight excluding hydrogens is 671 g/mol. The molecule has 0 atom stereocenters. The van der Waals surface area contributed by atoms with Gasteiger partial charge in [-0.1, -0.05) is 45.0 Å². The SMILES string of the molecule is COc1cc(N(C)CCN(C)C)c(N)cc1Nc1nccc(-c2cn(Cc3ccc(O[Si](C)(C)C(C)(C)C)c(C4OCCO4)c3)c3ccccc23)n1. The molecule has 0 spiro atoms. The number of hydrogen-bond acceptors (Lipinski definition) is 10. The first-order chi connectivity index (χ1) is 24.7. The first kappa shape index (κ1) is 37.1. The summed E-state index contributed by atoms with van der Waals surface area (Å²) in [5.41, 5.74) is 13.7. The number of para-hydroxylation sites is 1. The highest BCUT2D eigenvalue weighted by molar-refractivity contribution is 6.74. The van der Waals surface area contributed by atoms with Crippen molar-refractivity contribution in [1.82, 2.24) is 19.4 Å². The Morgan fingerprint density at radius 2 is 1.73 bits per heavy atom. The Morgan fingerprint density at radius 3 is 2.44 bits per heavy atom. The number of aromatic nitrogens is 3. The van der Waals surface area contributed by atoms with Crippen molar-refractivity contribution in [1.29, 1.82) is 0 Å². The molecule has 1 aliphatic rings. The summed E-state index contributed by atoms with van der Waals surface area (Å²) in [5.74, 6) is 1.94. The molecule has 0 saturated carbocycles. The molecule has 1 saturated heterocycles. The van der Waals surface area contributed by atoms with Gasteiger partial charge in [0.05, 0.1) is 43.1 Å². The molecule has 52 heavy (non-hydrogen) atoms. The standard InChI is InChI=1S/C40H53N7O4Si/c1-40(2,3)52(8,9)51-36-15-14-27(22-29(36)38-49-20-21-50-38)25-47-26-30(28-12-10-11-13-34(28)47)32-16-17-42-39(43-32)44-33-23-31(41)35(24-37(33)48-7)46(6)19-18-45(4)5/h10-17,22-24,26,38H,18-21,25,41H2,1-9H3,(H,42,43,44). The topological polar surface area (TPSA) is 112 Å². The van der Waals surface area contributed by atoms with E-state index in [0.29, 0.717) is 42.8 Å². The minimum Gasteiger partial charge on any atom is -0.543 e. The molecule has 0 radical (unpaired) electrons. The predicted octanol–water partition coefficient (Wildman–Crippen LogP) is 7.91. The average molecular weight is 724 g/mol. The maximum Gasteiger partial charge on any atom is 0.250 e. The molecule has 2 aromatic heterocycles. The molecule has 276 valence electrons. The third-order valence-corrected chi connectivity index (χ3v) is 14.4. The Hall–Kier alpha value is -4.62. The van der Waals surface area contributed by atoms with Gasteiger partial charge in [0.25, 0.3) is 0 Å². The zero-order valence-electron chi connectivity index (χ0n) is 32.0. The fourth-order valence-corrected chi connectivity index (χ4v) is 7.10. The van der Waals surface area contributed by atoms with Crippen LogP contribution in [0.1, 0.15) is 38.2 Å². The molecular formula is C40H53N7O4Si. The van der Waals surface area contributed by atoms with Crippen molar-refractivity contribution in [2.45, 2.75) is 51.7 Å². The Labute approximate surface area is 308 Å². The van der Waals surface area contributed by atoms with Gasteiger partial charge >= 0.3 is 0 Å². The van der Waals surface area contributed by atoms with Crippen LogP contribution in [0.5, 0.6) is 11.5 Å². The van der Waals surface area contributed by atoms with E-state index in [9.17, 15) is 0 Å². The van der Waals surface area contributed by atoms with Crippen LogP contribution in [0.3, 0.4) is 0 Å². The maximum atomic E-state index is 6.79. The van der Waals surface area contributed by atoms with Crippen LogP contribution >= 0.6 is 0 Å². The summed E-state index contributed by atoms with van der Waals surface area (Å²) in [4.78, 5) is 13.8. The number of rotatable bonds is 13. The number of anilines is 4. The van der Waals surface area contributed by atoms with Crippen LogP contribution < -0.4 is 25.1 Å². The van der Waals surface area contributed by atoms with Crippen molar-refractivity contribution in [3.05, 3.63) is 84.2 Å². The Morgan fingerprint density at radius 1 is 0.981 bits per heavy atom. The summed E-state index contributed by atoms with van der Waals surface area (Å²) in [7, 11) is 5.70. The first-order valence-corrected chi connectivity index (χ1v) is 20.7. The van der Waals surface area contributed by atoms with Crippen molar-refractivity contribution < 1.29 is 18.6 Å². The van der Waals surface area contributed by atoms with Crippen molar-refractivity contribution in [3.8, 4) is 22.8 Å². The lowest BCUT2D eigenvalue weighted by molar-refractivity contribution is -0.0451. The van der Waals surface area contributed by atoms with Crippen LogP contribution in [0.4, 0.5) is 23.0 Å². The highest BCUT2D eigenvalue weighted by atomic mass is 28.4. The fraction of sp³-hybridized carbons (Fsp3) is 0.400. The normalized spacial score (nSPS) is 14.0. The molecule has 3 aromatic carbocycles. The number of hydrogen-bond donors (Lipinski definition) is 2. The predicted molar refractivity (Wildman–Crippen MR) is 213 cm³/mol. The smallest absolute Gasteiger partial charge is 0.250 e. The van der Waals surface area contributed by atoms with E-state index >= 15 is 0 Å². The van der Waals surface area contributed by atoms with Gasteiger partial charge in [-0.25, -0.2) is 9.97 Å². The second-order valence-electron chi connectivity index (χ2n) is 15.2. The van der Waals surface area contributed by atoms with Crippen molar-refractivity contribution >= 4 is 42.2 Å². The van der Waals surface area contributed by atoms with Crippen molar-refractivity contribution in [2.24, 2.45) is 0 Å². The first-order valence-electron chi connectivity index (χ1n) is 17.8. The number of methoxy groups -OCH3 is 1. The molecule has 3 heterocycles. The monoisotopic (exact) mass is 723 g/mol. The van der Waals surface area contributed by atoms with E-state index in [-0.39, 0.29) is 5.04 Å². The number of nitrogens with two attached hydrogens (primary N) is 1. The number of benzene rings is 3. The molecule has 0 bridgehead atoms. The summed E-state index contributed by atoms with van der Waals surface area (Å²) >= 11 is 0. The molecule has 3 N–H and O–H groups in total. The third-order valence-electron chi connectivity index (χ3n) is 10.1. The Kier molecular flexibility index (Phi) is 10.8. The second-order valence-corrected chi connectivity index (χ2v) is 19.9. The lowest BCUT2D eigenvalue weighted by Gasteiger charge is -2.37. The van der Waals surface area contributed by atoms with E-state index in [2.05, 4.69) is 121 Å². The zero-order chi connectivity index (χ0) is 37.2. The van der Waals surface area contributed by atoms with Crippen molar-refractivity contribution in [3.63, 3.8) is 0 Å². The molecule has 1 aliphatic heterocycles. The Bertz CT molecular complexity index is 2020. The number of ether oxygens (including phenoxy) is 3. The number of likely N-dealkylation sites (N-methyl/N-ethyl adjacent to an activating group) is 2. The summed E-state index contributed by atoms with van der Waals surface area (Å²) < 4.78 is 26.8. The lowest BCUT2D eigenvalue weighted by atomic mass is 10.1. The highest BCUT2D eigenvalue weighted by Crippen LogP contribution is 2.41. The van der Waals surface area contributed by atoms with Crippen LogP contribution in [0.2, 0.25) is 18.1 Å². The van der Waals surface area contributed by atoms with E-state index in [1.54, 1.807) is 13.3 Å². The van der Waals surface area contributed by atoms with E-state index in [1.165, 1.54) is 0 Å². The number of nitrogen functional groups attached to an aromatic ring is 1. The van der Waals surface area contributed by atoms with E-state index in [0.717, 1.165) is 57.8 Å². The third kappa shape index (κ3) is 8.05. The number of nitrogens with zero attached hydrogens (tertiary/aromatic N) is 5. The van der Waals surface area contributed by atoms with Crippen LogP contribution in [0.25, 0.3) is 22.2 Å². The van der Waals surface area contributed by atoms with E-state index in [1.807, 2.05) is 25.2 Å². The summed E-state index contributed by atoms with van der Waals surface area (Å²) in [6.45, 7) is 14.8. The largest absolute Gasteiger partial charge is 0.543 e. The zero-order valence-corrected chi connectivity index (χ0v) is 33.0. The van der Waals surface area contributed by atoms with Crippen LogP contribution in [0, 0.1) is 0 Å². The summed E-state index contributed by atoms with van der Waals surface area (Å²) in [6.07, 6.45) is 3.49. The van der Waals surface area contributed by atoms with Gasteiger partial charge in [0.15, 0.2) is 6.29 Å². The second kappa shape index (κ2) is 15.2. The molecule has 6 rings (SSSR count). The van der Waals surface area contributed by atoms with Gasteiger partial charge in [-0.15, -0.1) is 0 Å². The van der Waals surface area contributed by atoms with Gasteiger partial charge < -0.3 is 44.1 Å². The van der Waals surface area contributed by atoms with E-state index < -0.39 is 14.6 Å². The van der Waals surface area contributed by atoms with Gasteiger partial charge in [0, 0.05) is 67.2 Å². The summed E-state index contributed by atoms with van der Waals surface area (Å²) in [5, 5.41) is 4.51. The highest BCUT2D eigenvalue weighted by Gasteiger charge is 2.40. The molecule has 1 fully saturated rings. The van der Waals surface area contributed by atoms with E-state index in [4.69, 9.17) is 29.4 Å². The van der Waals surface area contributed by atoms with Gasteiger partial charge in [0.2, 0.25) is 14.3 Å². The van der Waals surface area contributed by atoms with Gasteiger partial charge in [0.1, 0.15) is 11.5 Å². The molecule has 0 aliphatic carbocycles. The Balaban J connectivity index is 1.29. The molecule has 12 heteroatoms. The maximum absolute atomic E-state index is 6.79. The molecule has 11 nitrogen and oxygen atoms in total. The van der Waals surface area contributed by atoms with Gasteiger partial charge in [-0.05, 0) is 68.1 Å². The summed E-state index contributed by atoms with van der Waals surface area (Å²) in [6, 6.07) is 20.6. The van der Waals surface area contributed by atoms with Crippen molar-refractivity contribution in [2.75, 3.05) is 70.5 Å². The number of fused-ring (bicyclic) bond motifs is 1. The molecule has 0 amide bonds. The molecule has 5 aromatic rings. The fourth-order valence-electron chi connectivity index (χ4n) is 6.06. The van der Waals surface area contributed by atoms with Crippen LogP contribution in [0.15, 0.2) is 73.1 Å². The van der Waals surface area contributed by atoms with Gasteiger partial charge in [-0.3, -0.25) is 0 Å². The lowest BCUT2D eigenvalue weighted by Crippen LogP contribution is -2.44. The minimum atomic E-state index is -2.09. The van der Waals surface area contributed by atoms with Crippen LogP contribution in [-0.4, -0.2) is 82.3 Å².